The maximum absolute atomic E-state index is 13.7. The van der Waals surface area contributed by atoms with Gasteiger partial charge in [-0.3, -0.25) is 14.2 Å². The highest BCUT2D eigenvalue weighted by Crippen LogP contribution is 2.34. The van der Waals surface area contributed by atoms with E-state index in [1.807, 2.05) is 60.8 Å². The van der Waals surface area contributed by atoms with Gasteiger partial charge < -0.3 is 9.47 Å². The van der Waals surface area contributed by atoms with E-state index in [9.17, 15) is 9.59 Å². The highest BCUT2D eigenvalue weighted by atomic mass is 32.1. The number of rotatable bonds is 7. The number of carbonyl (C=O) groups is 1. The van der Waals surface area contributed by atoms with E-state index in [-0.39, 0.29) is 17.9 Å². The lowest BCUT2D eigenvalue weighted by Crippen LogP contribution is -2.24. The number of carbonyl (C=O) groups excluding carboxylic acids is 1. The van der Waals surface area contributed by atoms with Crippen LogP contribution in [0.2, 0.25) is 0 Å². The molecule has 0 amide bonds. The number of nitrogens with zero attached hydrogens (tertiary/aromatic N) is 2. The van der Waals surface area contributed by atoms with Gasteiger partial charge in [0.15, 0.2) is 0 Å². The van der Waals surface area contributed by atoms with Crippen LogP contribution in [0, 0.1) is 6.92 Å². The standard InChI is InChI=1S/C25H24N2O4S/c1-16-7-4-9-18(13-16)23-26-24-22(25(29)27(23)12-6-11-21(28)31-3)20(15-32-24)17-8-5-10-19(14-17)30-2/h4-5,7-10,13-15H,6,11-12H2,1-3H3. The van der Waals surface area contributed by atoms with Gasteiger partial charge >= 0.3 is 5.97 Å². The Kier molecular flexibility index (Phi) is 6.37. The molecular weight excluding hydrogens is 424 g/mol. The van der Waals surface area contributed by atoms with Crippen LogP contribution in [0.25, 0.3) is 32.7 Å². The third kappa shape index (κ3) is 4.29. The number of aromatic nitrogens is 2. The van der Waals surface area contributed by atoms with Crippen molar-refractivity contribution in [3.05, 3.63) is 69.8 Å². The quantitative estimate of drug-likeness (QED) is 0.370. The van der Waals surface area contributed by atoms with E-state index in [1.54, 1.807) is 11.7 Å². The molecule has 0 aliphatic carbocycles. The molecule has 2 aromatic heterocycles. The predicted molar refractivity (Wildman–Crippen MR) is 127 cm³/mol. The number of fused-ring (bicyclic) bond motifs is 1. The molecule has 0 N–H and O–H groups in total. The Hall–Kier alpha value is -3.45. The third-order valence-electron chi connectivity index (χ3n) is 5.34. The van der Waals surface area contributed by atoms with Crippen molar-refractivity contribution in [1.29, 1.82) is 0 Å². The number of thiophene rings is 1. The molecule has 4 rings (SSSR count). The molecular formula is C25H24N2O4S. The molecule has 4 aromatic rings. The third-order valence-corrected chi connectivity index (χ3v) is 6.21. The van der Waals surface area contributed by atoms with Crippen LogP contribution in [0.5, 0.6) is 5.75 Å². The molecule has 32 heavy (non-hydrogen) atoms. The summed E-state index contributed by atoms with van der Waals surface area (Å²) >= 11 is 1.45. The van der Waals surface area contributed by atoms with Crippen LogP contribution in [0.1, 0.15) is 18.4 Å². The topological polar surface area (TPSA) is 70.4 Å². The summed E-state index contributed by atoms with van der Waals surface area (Å²) in [6.07, 6.45) is 0.720. The van der Waals surface area contributed by atoms with Gasteiger partial charge in [0.1, 0.15) is 16.4 Å². The van der Waals surface area contributed by atoms with Crippen molar-refractivity contribution < 1.29 is 14.3 Å². The van der Waals surface area contributed by atoms with Crippen LogP contribution in [0.15, 0.2) is 58.7 Å². The summed E-state index contributed by atoms with van der Waals surface area (Å²) in [7, 11) is 2.99. The smallest absolute Gasteiger partial charge is 0.305 e. The van der Waals surface area contributed by atoms with Crippen LogP contribution in [0.3, 0.4) is 0 Å². The highest BCUT2D eigenvalue weighted by Gasteiger charge is 2.18. The Morgan fingerprint density at radius 1 is 1.09 bits per heavy atom. The first-order valence-corrected chi connectivity index (χ1v) is 11.2. The summed E-state index contributed by atoms with van der Waals surface area (Å²) in [6, 6.07) is 15.6. The van der Waals surface area contributed by atoms with E-state index in [0.29, 0.717) is 29.0 Å². The number of esters is 1. The van der Waals surface area contributed by atoms with Crippen molar-refractivity contribution in [1.82, 2.24) is 9.55 Å². The fraction of sp³-hybridized carbons (Fsp3) is 0.240. The van der Waals surface area contributed by atoms with Crippen molar-refractivity contribution in [2.45, 2.75) is 26.3 Å². The Bertz CT molecular complexity index is 1340. The minimum absolute atomic E-state index is 0.115. The Labute approximate surface area is 190 Å². The first kappa shape index (κ1) is 21.8. The van der Waals surface area contributed by atoms with Crippen molar-refractivity contribution in [2.75, 3.05) is 14.2 Å². The number of hydrogen-bond donors (Lipinski definition) is 0. The van der Waals surface area contributed by atoms with Gasteiger partial charge in [-0.15, -0.1) is 11.3 Å². The normalized spacial score (nSPS) is 11.0. The van der Waals surface area contributed by atoms with Crippen molar-refractivity contribution in [2.24, 2.45) is 0 Å². The number of hydrogen-bond acceptors (Lipinski definition) is 6. The maximum atomic E-state index is 13.7. The molecule has 7 heteroatoms. The van der Waals surface area contributed by atoms with E-state index in [4.69, 9.17) is 14.5 Å². The largest absolute Gasteiger partial charge is 0.497 e. The number of benzene rings is 2. The summed E-state index contributed by atoms with van der Waals surface area (Å²) < 4.78 is 11.8. The average Bonchev–Trinajstić information content (AvgIpc) is 3.24. The summed E-state index contributed by atoms with van der Waals surface area (Å²) in [6.45, 7) is 2.38. The first-order valence-electron chi connectivity index (χ1n) is 10.3. The summed E-state index contributed by atoms with van der Waals surface area (Å²) in [5.41, 5.74) is 3.58. The van der Waals surface area contributed by atoms with E-state index < -0.39 is 0 Å². The molecule has 6 nitrogen and oxygen atoms in total. The van der Waals surface area contributed by atoms with Crippen LogP contribution in [-0.4, -0.2) is 29.7 Å². The Morgan fingerprint density at radius 2 is 1.88 bits per heavy atom. The van der Waals surface area contributed by atoms with Crippen molar-refractivity contribution >= 4 is 27.5 Å². The molecule has 0 unspecified atom stereocenters. The molecule has 0 radical (unpaired) electrons. The lowest BCUT2D eigenvalue weighted by atomic mass is 10.1. The van der Waals surface area contributed by atoms with Gasteiger partial charge in [0.2, 0.25) is 0 Å². The molecule has 0 bridgehead atoms. The minimum Gasteiger partial charge on any atom is -0.497 e. The van der Waals surface area contributed by atoms with Crippen LogP contribution < -0.4 is 10.3 Å². The Balaban J connectivity index is 1.88. The molecule has 2 heterocycles. The predicted octanol–water partition coefficient (Wildman–Crippen LogP) is 5.06. The zero-order valence-electron chi connectivity index (χ0n) is 18.3. The first-order chi connectivity index (χ1) is 15.5. The number of ether oxygens (including phenoxy) is 2. The second kappa shape index (κ2) is 9.36. The van der Waals surface area contributed by atoms with Gasteiger partial charge in [-0.2, -0.15) is 0 Å². The second-order valence-corrected chi connectivity index (χ2v) is 8.36. The SMILES string of the molecule is COC(=O)CCCn1c(-c2cccc(C)c2)nc2scc(-c3cccc(OC)c3)c2c1=O. The van der Waals surface area contributed by atoms with Gasteiger partial charge in [0.05, 0.1) is 19.6 Å². The molecule has 0 saturated heterocycles. The van der Waals surface area contributed by atoms with Crippen molar-refractivity contribution in [3.8, 4) is 28.3 Å². The molecule has 164 valence electrons. The molecule has 2 aromatic carbocycles. The zero-order valence-corrected chi connectivity index (χ0v) is 19.1. The molecule has 0 atom stereocenters. The van der Waals surface area contributed by atoms with Crippen LogP contribution in [0.4, 0.5) is 0 Å². The number of aryl methyl sites for hydroxylation is 1. The van der Waals surface area contributed by atoms with E-state index in [0.717, 1.165) is 28.0 Å². The fourth-order valence-electron chi connectivity index (χ4n) is 3.72. The lowest BCUT2D eigenvalue weighted by Gasteiger charge is -2.13. The van der Waals surface area contributed by atoms with Gasteiger partial charge in [-0.05, 0) is 37.1 Å². The highest BCUT2D eigenvalue weighted by molar-refractivity contribution is 7.17. The zero-order chi connectivity index (χ0) is 22.7. The summed E-state index contributed by atoms with van der Waals surface area (Å²) in [4.78, 5) is 30.9. The van der Waals surface area contributed by atoms with Crippen LogP contribution >= 0.6 is 11.3 Å². The second-order valence-electron chi connectivity index (χ2n) is 7.50. The average molecular weight is 449 g/mol. The molecule has 0 aliphatic rings. The van der Waals surface area contributed by atoms with Gasteiger partial charge in [-0.25, -0.2) is 4.98 Å². The molecule has 0 spiro atoms. The molecule has 0 fully saturated rings. The van der Waals surface area contributed by atoms with E-state index in [2.05, 4.69) is 0 Å². The van der Waals surface area contributed by atoms with Gasteiger partial charge in [-0.1, -0.05) is 35.9 Å². The summed E-state index contributed by atoms with van der Waals surface area (Å²) in [5.74, 6) is 1.04. The van der Waals surface area contributed by atoms with Crippen LogP contribution in [-0.2, 0) is 16.1 Å². The van der Waals surface area contributed by atoms with E-state index in [1.165, 1.54) is 18.4 Å². The number of methoxy groups -OCH3 is 2. The maximum Gasteiger partial charge on any atom is 0.305 e. The Morgan fingerprint density at radius 3 is 2.62 bits per heavy atom. The van der Waals surface area contributed by atoms with E-state index >= 15 is 0 Å². The monoisotopic (exact) mass is 448 g/mol. The lowest BCUT2D eigenvalue weighted by molar-refractivity contribution is -0.140. The van der Waals surface area contributed by atoms with Crippen molar-refractivity contribution in [3.63, 3.8) is 0 Å². The fourth-order valence-corrected chi connectivity index (χ4v) is 4.66. The molecule has 0 aliphatic heterocycles. The molecule has 0 saturated carbocycles. The summed E-state index contributed by atoms with van der Waals surface area (Å²) in [5, 5.41) is 2.55. The van der Waals surface area contributed by atoms with Gasteiger partial charge in [0, 0.05) is 29.5 Å². The minimum atomic E-state index is -0.295. The van der Waals surface area contributed by atoms with Gasteiger partial charge in [0.25, 0.3) is 5.56 Å².